The van der Waals surface area contributed by atoms with Gasteiger partial charge >= 0.3 is 18.2 Å². The van der Waals surface area contributed by atoms with Gasteiger partial charge in [0.25, 0.3) is 0 Å². The number of rotatable bonds is 11. The number of alkyl halides is 3. The number of aryl methyl sites for hydroxylation is 2. The van der Waals surface area contributed by atoms with Crippen LogP contribution in [0.25, 0.3) is 11.1 Å². The van der Waals surface area contributed by atoms with E-state index in [0.29, 0.717) is 42.0 Å². The van der Waals surface area contributed by atoms with Crippen molar-refractivity contribution in [2.75, 3.05) is 6.61 Å². The summed E-state index contributed by atoms with van der Waals surface area (Å²) in [6.07, 6.45) is -2.64. The van der Waals surface area contributed by atoms with Gasteiger partial charge in [0.15, 0.2) is 0 Å². The largest absolute Gasteiger partial charge is 0.466 e. The summed E-state index contributed by atoms with van der Waals surface area (Å²) in [5, 5.41) is 2.33. The monoisotopic (exact) mass is 569 g/mol. The number of benzene rings is 2. The molecule has 0 fully saturated rings. The lowest BCUT2D eigenvalue weighted by molar-refractivity contribution is -0.143. The standard InChI is InChI=1S/C30H36F5NO4/c1-7-9-10-11-12-19-14-21(31)13-18(3)26(19)20-15-22(27(32)23(16-20)30(33,34)35)24(17-25(37)39-8-2)36-28(38)40-29(4,5)6/h7,13-16,24H,1,8-12,17H2,2-6H3,(H,36,38)/t24-/m0/s1. The van der Waals surface area contributed by atoms with Gasteiger partial charge in [0.2, 0.25) is 0 Å². The van der Waals surface area contributed by atoms with Gasteiger partial charge in [-0.05, 0) is 107 Å². The van der Waals surface area contributed by atoms with Crippen LogP contribution in [0.4, 0.5) is 26.7 Å². The van der Waals surface area contributed by atoms with Gasteiger partial charge < -0.3 is 14.8 Å². The number of carbonyl (C=O) groups excluding carboxylic acids is 2. The van der Waals surface area contributed by atoms with Gasteiger partial charge in [-0.2, -0.15) is 13.2 Å². The van der Waals surface area contributed by atoms with E-state index in [9.17, 15) is 27.2 Å². The molecule has 0 unspecified atom stereocenters. The number of carbonyl (C=O) groups is 2. The predicted octanol–water partition coefficient (Wildman–Crippen LogP) is 8.38. The molecular formula is C30H36F5NO4. The molecule has 1 atom stereocenters. The molecule has 1 N–H and O–H groups in total. The minimum absolute atomic E-state index is 0.0280. The highest BCUT2D eigenvalue weighted by atomic mass is 19.4. The number of unbranched alkanes of at least 4 members (excludes halogenated alkanes) is 2. The molecule has 0 aliphatic rings. The molecule has 0 aliphatic carbocycles. The predicted molar refractivity (Wildman–Crippen MR) is 143 cm³/mol. The van der Waals surface area contributed by atoms with Crippen molar-refractivity contribution in [3.63, 3.8) is 0 Å². The summed E-state index contributed by atoms with van der Waals surface area (Å²) >= 11 is 0. The number of halogens is 5. The summed E-state index contributed by atoms with van der Waals surface area (Å²) in [6.45, 7) is 11.4. The Balaban J connectivity index is 2.76. The number of esters is 1. The fourth-order valence-corrected chi connectivity index (χ4v) is 4.35. The molecule has 1 amide bonds. The summed E-state index contributed by atoms with van der Waals surface area (Å²) in [7, 11) is 0. The molecule has 0 heterocycles. The van der Waals surface area contributed by atoms with Crippen LogP contribution in [0.3, 0.4) is 0 Å². The Morgan fingerprint density at radius 1 is 1.07 bits per heavy atom. The molecule has 2 rings (SSSR count). The molecule has 0 radical (unpaired) electrons. The van der Waals surface area contributed by atoms with Crippen molar-refractivity contribution in [2.45, 2.75) is 84.5 Å². The minimum Gasteiger partial charge on any atom is -0.466 e. The number of hydrogen-bond acceptors (Lipinski definition) is 4. The minimum atomic E-state index is -5.10. The second-order valence-electron chi connectivity index (χ2n) is 10.4. The zero-order chi connectivity index (χ0) is 30.3. The maximum atomic E-state index is 15.6. The van der Waals surface area contributed by atoms with Gasteiger partial charge in [0.05, 0.1) is 24.6 Å². The van der Waals surface area contributed by atoms with Gasteiger partial charge in [0, 0.05) is 5.56 Å². The highest BCUT2D eigenvalue weighted by Gasteiger charge is 2.38. The maximum Gasteiger partial charge on any atom is 0.419 e. The van der Waals surface area contributed by atoms with Crippen LogP contribution in [0.1, 0.15) is 81.7 Å². The Morgan fingerprint density at radius 3 is 2.33 bits per heavy atom. The maximum absolute atomic E-state index is 15.6. The van der Waals surface area contributed by atoms with Crippen molar-refractivity contribution in [1.82, 2.24) is 5.32 Å². The first-order valence-corrected chi connectivity index (χ1v) is 13.0. The van der Waals surface area contributed by atoms with Crippen LogP contribution in [-0.2, 0) is 26.9 Å². The number of amides is 1. The van der Waals surface area contributed by atoms with E-state index < -0.39 is 59.1 Å². The van der Waals surface area contributed by atoms with Crippen molar-refractivity contribution in [3.05, 3.63) is 70.8 Å². The Morgan fingerprint density at radius 2 is 1.75 bits per heavy atom. The molecule has 40 heavy (non-hydrogen) atoms. The van der Waals surface area contributed by atoms with E-state index in [2.05, 4.69) is 11.9 Å². The molecule has 2 aromatic rings. The molecule has 220 valence electrons. The normalized spacial score (nSPS) is 12.6. The number of ether oxygens (including phenoxy) is 2. The van der Waals surface area contributed by atoms with Crippen molar-refractivity contribution in [2.24, 2.45) is 0 Å². The van der Waals surface area contributed by atoms with E-state index in [1.54, 1.807) is 33.8 Å². The van der Waals surface area contributed by atoms with Crippen LogP contribution in [0.15, 0.2) is 36.9 Å². The second kappa shape index (κ2) is 13.8. The lowest BCUT2D eigenvalue weighted by Gasteiger charge is -2.25. The first kappa shape index (κ1) is 32.8. The van der Waals surface area contributed by atoms with Gasteiger partial charge in [0.1, 0.15) is 17.2 Å². The molecular weight excluding hydrogens is 533 g/mol. The molecule has 5 nitrogen and oxygen atoms in total. The van der Waals surface area contributed by atoms with E-state index in [1.807, 2.05) is 0 Å². The topological polar surface area (TPSA) is 64.6 Å². The number of nitrogens with one attached hydrogen (secondary N) is 1. The zero-order valence-corrected chi connectivity index (χ0v) is 23.4. The Kier molecular flexibility index (Phi) is 11.3. The van der Waals surface area contributed by atoms with Gasteiger partial charge in [-0.1, -0.05) is 6.08 Å². The van der Waals surface area contributed by atoms with E-state index in [1.165, 1.54) is 19.1 Å². The van der Waals surface area contributed by atoms with Crippen molar-refractivity contribution in [3.8, 4) is 11.1 Å². The summed E-state index contributed by atoms with van der Waals surface area (Å²) < 4.78 is 82.3. The van der Waals surface area contributed by atoms with Crippen LogP contribution >= 0.6 is 0 Å². The highest BCUT2D eigenvalue weighted by Crippen LogP contribution is 2.40. The lowest BCUT2D eigenvalue weighted by atomic mass is 9.88. The van der Waals surface area contributed by atoms with Crippen LogP contribution < -0.4 is 5.32 Å². The summed E-state index contributed by atoms with van der Waals surface area (Å²) in [6, 6.07) is 2.71. The van der Waals surface area contributed by atoms with Crippen LogP contribution in [0.2, 0.25) is 0 Å². The summed E-state index contributed by atoms with van der Waals surface area (Å²) in [5.74, 6) is -3.05. The van der Waals surface area contributed by atoms with Crippen molar-refractivity contribution >= 4 is 12.1 Å². The zero-order valence-electron chi connectivity index (χ0n) is 23.4. The summed E-state index contributed by atoms with van der Waals surface area (Å²) in [5.41, 5.74) is -2.03. The van der Waals surface area contributed by atoms with E-state index >= 15 is 4.39 Å². The van der Waals surface area contributed by atoms with Crippen molar-refractivity contribution in [1.29, 1.82) is 0 Å². The molecule has 0 saturated heterocycles. The second-order valence-corrected chi connectivity index (χ2v) is 10.4. The first-order valence-electron chi connectivity index (χ1n) is 13.0. The fraction of sp³-hybridized carbons (Fsp3) is 0.467. The van der Waals surface area contributed by atoms with Crippen LogP contribution in [0.5, 0.6) is 0 Å². The number of hydrogen-bond donors (Lipinski definition) is 1. The molecule has 2 aromatic carbocycles. The Labute approximate surface area is 231 Å². The molecule has 0 aromatic heterocycles. The van der Waals surface area contributed by atoms with Gasteiger partial charge in [-0.15, -0.1) is 6.58 Å². The summed E-state index contributed by atoms with van der Waals surface area (Å²) in [4.78, 5) is 24.9. The van der Waals surface area contributed by atoms with Crippen LogP contribution in [0, 0.1) is 18.6 Å². The number of alkyl carbamates (subject to hydrolysis) is 1. The fourth-order valence-electron chi connectivity index (χ4n) is 4.35. The molecule has 0 aliphatic heterocycles. The third-order valence-electron chi connectivity index (χ3n) is 5.92. The molecule has 0 saturated carbocycles. The first-order chi connectivity index (χ1) is 18.6. The lowest BCUT2D eigenvalue weighted by Crippen LogP contribution is -2.36. The molecule has 10 heteroatoms. The Bertz CT molecular complexity index is 1220. The highest BCUT2D eigenvalue weighted by molar-refractivity contribution is 5.76. The molecule has 0 spiro atoms. The van der Waals surface area contributed by atoms with Gasteiger partial charge in [-0.3, -0.25) is 4.79 Å². The quantitative estimate of drug-likeness (QED) is 0.128. The van der Waals surface area contributed by atoms with E-state index in [4.69, 9.17) is 9.47 Å². The van der Waals surface area contributed by atoms with Crippen LogP contribution in [-0.4, -0.2) is 24.3 Å². The smallest absolute Gasteiger partial charge is 0.419 e. The van der Waals surface area contributed by atoms with Gasteiger partial charge in [-0.25, -0.2) is 13.6 Å². The Hall–Kier alpha value is -3.43. The van der Waals surface area contributed by atoms with E-state index in [-0.39, 0.29) is 12.2 Å². The van der Waals surface area contributed by atoms with Crippen molar-refractivity contribution < 1.29 is 41.0 Å². The average Bonchev–Trinajstić information content (AvgIpc) is 2.80. The third kappa shape index (κ3) is 9.34. The number of allylic oxidation sites excluding steroid dienone is 1. The molecule has 0 bridgehead atoms. The average molecular weight is 570 g/mol. The van der Waals surface area contributed by atoms with E-state index in [0.717, 1.165) is 12.5 Å². The SMILES string of the molecule is C=CCCCCc1cc(F)cc(C)c1-c1cc([C@H](CC(=O)OCC)NC(=O)OC(C)(C)C)c(F)c(C(F)(F)F)c1. The third-order valence-corrected chi connectivity index (χ3v) is 5.92.